The number of ether oxygens (including phenoxy) is 7. The zero-order valence-electron chi connectivity index (χ0n) is 53.8. The third-order valence-corrected chi connectivity index (χ3v) is 28.7. The van der Waals surface area contributed by atoms with Gasteiger partial charge in [0, 0.05) is 145 Å². The molecule has 7 aliphatic heterocycles. The standard InChI is InChI=1S/C51H104N7O21P7/c1-38-17-52(8)24-45(73-38)32-67-81(11,60)54-19-40(3)75-47(26-54)34-69-83(13,62)56-21-42(5)77-49(28-56)36-71-85(15,64)58-23-44(7)79-51(30-58)37-72-86(16,65)57-22-43(6)78-50(29-57)35-70-84(14,63)55-20-41(4)76-48(27-55)33-68-82(12,61)53-18-39(2)74-46(25-53)31-66-80(9,10)59/h38-51H,17-37H2,1-16H3/t38-,39-,40-,41-,42-,43-,44-,45-,46-,47-,48-,49-,50-,51-,81?,82?,83?,84?,85?,86?/m0/s1. The molecule has 0 aromatic carbocycles. The van der Waals surface area contributed by atoms with Crippen LogP contribution >= 0.6 is 52.5 Å². The van der Waals surface area contributed by atoms with Crippen molar-refractivity contribution in [1.29, 1.82) is 0 Å². The average Bonchev–Trinajstić information content (AvgIpc) is 3.62. The first-order valence-corrected chi connectivity index (χ1v) is 44.8. The Morgan fingerprint density at radius 2 is 0.430 bits per heavy atom. The van der Waals surface area contributed by atoms with Crippen LogP contribution in [-0.2, 0) is 96.8 Å². The molecule has 86 heavy (non-hydrogen) atoms. The van der Waals surface area contributed by atoms with Crippen molar-refractivity contribution in [2.75, 3.05) is 198 Å². The summed E-state index contributed by atoms with van der Waals surface area (Å²) in [4.78, 5) is 2.17. The maximum absolute atomic E-state index is 14.4. The molecule has 0 spiro atoms. The molecule has 0 bridgehead atoms. The van der Waals surface area contributed by atoms with E-state index in [1.807, 2.05) is 55.5 Å². The maximum Gasteiger partial charge on any atom is 0.269 e. The third-order valence-electron chi connectivity index (χ3n) is 16.0. The van der Waals surface area contributed by atoms with E-state index < -0.39 is 89.1 Å². The number of hydrogen-bond acceptors (Lipinski definition) is 22. The van der Waals surface area contributed by atoms with Gasteiger partial charge in [-0.05, 0) is 55.5 Å². The van der Waals surface area contributed by atoms with Crippen molar-refractivity contribution in [3.05, 3.63) is 0 Å². The van der Waals surface area contributed by atoms with Gasteiger partial charge in [-0.1, -0.05) is 0 Å². The average molecular weight is 1370 g/mol. The molecule has 7 saturated heterocycles. The number of likely N-dealkylation sites (N-methyl/N-ethyl adjacent to an activating group) is 1. The van der Waals surface area contributed by atoms with Crippen LogP contribution in [0.15, 0.2) is 0 Å². The first-order chi connectivity index (χ1) is 39.8. The minimum atomic E-state index is -3.49. The summed E-state index contributed by atoms with van der Waals surface area (Å²) < 4.78 is 193. The highest BCUT2D eigenvalue weighted by Gasteiger charge is 2.45. The van der Waals surface area contributed by atoms with Crippen LogP contribution in [0.4, 0.5) is 0 Å². The summed E-state index contributed by atoms with van der Waals surface area (Å²) in [5.41, 5.74) is 0. The fraction of sp³-hybridized carbons (Fsp3) is 1.00. The molecule has 0 radical (unpaired) electrons. The van der Waals surface area contributed by atoms with Crippen molar-refractivity contribution in [3.63, 3.8) is 0 Å². The number of morpholine rings is 7. The molecule has 7 rings (SSSR count). The van der Waals surface area contributed by atoms with Crippen LogP contribution in [0.2, 0.25) is 0 Å². The Kier molecular flexibility index (Phi) is 26.8. The molecule has 7 aliphatic rings. The summed E-state index contributed by atoms with van der Waals surface area (Å²) in [7, 11) is -21.1. The van der Waals surface area contributed by atoms with E-state index in [1.54, 1.807) is 68.0 Å². The van der Waals surface area contributed by atoms with Gasteiger partial charge in [0.05, 0.1) is 132 Å². The summed E-state index contributed by atoms with van der Waals surface area (Å²) in [5, 5.41) is 0. The summed E-state index contributed by atoms with van der Waals surface area (Å²) in [6.45, 7) is 30.7. The first-order valence-electron chi connectivity index (χ1n) is 30.1. The Morgan fingerprint density at radius 1 is 0.267 bits per heavy atom. The lowest BCUT2D eigenvalue weighted by Gasteiger charge is -2.43. The van der Waals surface area contributed by atoms with Crippen molar-refractivity contribution in [2.24, 2.45) is 0 Å². The van der Waals surface area contributed by atoms with Crippen molar-refractivity contribution >= 4 is 52.5 Å². The molecule has 0 aromatic heterocycles. The minimum absolute atomic E-state index is 0.00133. The van der Waals surface area contributed by atoms with Gasteiger partial charge in [-0.2, -0.15) is 0 Å². The van der Waals surface area contributed by atoms with E-state index in [-0.39, 0.29) is 134 Å². The maximum atomic E-state index is 14.4. The Morgan fingerprint density at radius 3 is 0.605 bits per heavy atom. The summed E-state index contributed by atoms with van der Waals surface area (Å²) in [6.07, 6.45) is -5.37. The van der Waals surface area contributed by atoms with Gasteiger partial charge in [-0.25, -0.2) is 28.0 Å². The monoisotopic (exact) mass is 1370 g/mol. The van der Waals surface area contributed by atoms with E-state index in [0.29, 0.717) is 45.8 Å². The van der Waals surface area contributed by atoms with Crippen LogP contribution < -0.4 is 0 Å². The number of nitrogens with zero attached hydrogens (tertiary/aromatic N) is 7. The van der Waals surface area contributed by atoms with Crippen molar-refractivity contribution < 1.29 is 96.8 Å². The quantitative estimate of drug-likeness (QED) is 0.0762. The zero-order chi connectivity index (χ0) is 63.4. The fourth-order valence-corrected chi connectivity index (χ4v) is 22.1. The van der Waals surface area contributed by atoms with Gasteiger partial charge in [0.25, 0.3) is 45.1 Å². The summed E-state index contributed by atoms with van der Waals surface area (Å²) in [5.74, 6) is 0. The molecular formula is C51H104N7O21P7. The highest BCUT2D eigenvalue weighted by molar-refractivity contribution is 7.57. The second-order valence-electron chi connectivity index (χ2n) is 25.6. The molecule has 28 nitrogen and oxygen atoms in total. The lowest BCUT2D eigenvalue weighted by molar-refractivity contribution is -0.0920. The molecular weight excluding hydrogens is 1260 g/mol. The van der Waals surface area contributed by atoms with Gasteiger partial charge < -0.3 is 69.7 Å². The molecule has 20 atom stereocenters. The topological polar surface area (TPSA) is 271 Å². The summed E-state index contributed by atoms with van der Waals surface area (Å²) in [6, 6.07) is 0. The van der Waals surface area contributed by atoms with Gasteiger partial charge in [-0.15, -0.1) is 0 Å². The Balaban J connectivity index is 0.845. The predicted octanol–water partition coefficient (Wildman–Crippen LogP) is 6.83. The van der Waals surface area contributed by atoms with E-state index in [4.69, 9.17) is 64.8 Å². The second kappa shape index (κ2) is 31.1. The predicted molar refractivity (Wildman–Crippen MR) is 330 cm³/mol. The molecule has 0 aliphatic carbocycles. The SMILES string of the molecule is C[C@H]1CN(C)C[C@@H](COP(C)(=O)N2C[C@@H](COP(C)(=O)N3C[C@@H](COP(C)(=O)N4C[C@@H](COP(C)(=O)N5C[C@@H](COP(C)(=O)N6C[C@@H](COP(C)(=O)N7C[C@@H](COP(C)(C)=O)O[C@@H](C)C7)O[C@@H](C)C6)O[C@@H](C)C5)O[C@@H](C)C4)O[C@@H](C)C3)O[C@@H](C)C2)O1. The second-order valence-corrected chi connectivity index (χ2v) is 42.9. The largest absolute Gasteiger partial charge is 0.370 e. The van der Waals surface area contributed by atoms with Crippen LogP contribution in [0.25, 0.3) is 0 Å². The molecule has 35 heteroatoms. The van der Waals surface area contributed by atoms with Gasteiger partial charge >= 0.3 is 0 Å². The number of hydrogen-bond donors (Lipinski definition) is 0. The number of rotatable bonds is 27. The van der Waals surface area contributed by atoms with Crippen LogP contribution in [0.1, 0.15) is 48.5 Å². The molecule has 0 saturated carbocycles. The smallest absolute Gasteiger partial charge is 0.269 e. The molecule has 0 amide bonds. The lowest BCUT2D eigenvalue weighted by Crippen LogP contribution is -2.49. The molecule has 6 unspecified atom stereocenters. The lowest BCUT2D eigenvalue weighted by atomic mass is 10.2. The van der Waals surface area contributed by atoms with Crippen molar-refractivity contribution in [3.8, 4) is 0 Å². The highest BCUT2D eigenvalue weighted by Crippen LogP contribution is 2.55. The Bertz CT molecular complexity index is 2560. The van der Waals surface area contributed by atoms with Gasteiger partial charge in [0.1, 0.15) is 0 Å². The Hall–Kier alpha value is 0.770. The van der Waals surface area contributed by atoms with Crippen LogP contribution in [0.5, 0.6) is 0 Å². The normalized spacial score (nSPS) is 37.8. The van der Waals surface area contributed by atoms with E-state index >= 15 is 0 Å². The fourth-order valence-electron chi connectivity index (χ4n) is 11.9. The molecule has 7 heterocycles. The zero-order valence-corrected chi connectivity index (χ0v) is 60.0. The van der Waals surface area contributed by atoms with Crippen molar-refractivity contribution in [2.45, 2.75) is 134 Å². The van der Waals surface area contributed by atoms with E-state index in [9.17, 15) is 32.0 Å². The van der Waals surface area contributed by atoms with Crippen LogP contribution in [-0.4, -0.2) is 317 Å². The van der Waals surface area contributed by atoms with Crippen molar-refractivity contribution in [1.82, 2.24) is 32.9 Å². The third kappa shape index (κ3) is 22.5. The van der Waals surface area contributed by atoms with Gasteiger partial charge in [0.15, 0.2) is 7.37 Å². The molecule has 0 N–H and O–H groups in total. The summed E-state index contributed by atoms with van der Waals surface area (Å²) >= 11 is 0. The highest BCUT2D eigenvalue weighted by atomic mass is 31.2. The van der Waals surface area contributed by atoms with Gasteiger partial charge in [-0.3, -0.25) is 32.0 Å². The van der Waals surface area contributed by atoms with E-state index in [0.717, 1.165) is 6.54 Å². The van der Waals surface area contributed by atoms with E-state index in [1.165, 1.54) is 13.3 Å². The van der Waals surface area contributed by atoms with E-state index in [2.05, 4.69) is 4.90 Å². The van der Waals surface area contributed by atoms with Crippen LogP contribution in [0.3, 0.4) is 0 Å². The minimum Gasteiger partial charge on any atom is -0.370 e. The first kappa shape index (κ1) is 74.2. The van der Waals surface area contributed by atoms with Crippen LogP contribution in [0, 0.1) is 0 Å². The molecule has 504 valence electrons. The van der Waals surface area contributed by atoms with Gasteiger partial charge in [0.2, 0.25) is 0 Å². The Labute approximate surface area is 512 Å². The molecule has 7 fully saturated rings. The molecule has 0 aromatic rings.